The Labute approximate surface area is 222 Å². The van der Waals surface area contributed by atoms with E-state index in [1.807, 2.05) is 30.3 Å². The highest BCUT2D eigenvalue weighted by Crippen LogP contribution is 2.40. The van der Waals surface area contributed by atoms with Gasteiger partial charge in [-0.3, -0.25) is 4.90 Å². The van der Waals surface area contributed by atoms with Gasteiger partial charge in [0.2, 0.25) is 5.75 Å². The minimum absolute atomic E-state index is 0.655. The van der Waals surface area contributed by atoms with Crippen LogP contribution in [-0.2, 0) is 16.1 Å². The molecule has 37 heavy (non-hydrogen) atoms. The van der Waals surface area contributed by atoms with Gasteiger partial charge in [0.25, 0.3) is 0 Å². The molecule has 3 rings (SSSR count). The summed E-state index contributed by atoms with van der Waals surface area (Å²) in [6, 6.07) is 11.5. The molecule has 0 amide bonds. The van der Waals surface area contributed by atoms with Crippen molar-refractivity contribution in [1.29, 1.82) is 0 Å². The lowest BCUT2D eigenvalue weighted by molar-refractivity contribution is -0.159. The molecule has 0 spiro atoms. The molecule has 1 fully saturated rings. The molecule has 10 nitrogen and oxygen atoms in total. The minimum atomic E-state index is -1.82. The Kier molecular flexibility index (Phi) is 12.8. The van der Waals surface area contributed by atoms with Crippen molar-refractivity contribution in [3.8, 4) is 23.0 Å². The van der Waals surface area contributed by atoms with Gasteiger partial charge in [0.05, 0.1) is 27.9 Å². The van der Waals surface area contributed by atoms with E-state index in [1.165, 1.54) is 0 Å². The Morgan fingerprint density at radius 1 is 0.811 bits per heavy atom. The number of unbranched alkanes of at least 4 members (excludes halogenated alkanes) is 1. The number of nitrogens with zero attached hydrogens (tertiary/aromatic N) is 2. The average Bonchev–Trinajstić information content (AvgIpc) is 2.90. The van der Waals surface area contributed by atoms with Gasteiger partial charge in [0.15, 0.2) is 11.5 Å². The number of rotatable bonds is 11. The van der Waals surface area contributed by atoms with Crippen LogP contribution in [0.3, 0.4) is 0 Å². The van der Waals surface area contributed by atoms with Crippen LogP contribution in [0.2, 0.25) is 5.02 Å². The van der Waals surface area contributed by atoms with Crippen molar-refractivity contribution in [3.63, 3.8) is 0 Å². The van der Waals surface area contributed by atoms with Gasteiger partial charge in [-0.2, -0.15) is 0 Å². The fraction of sp³-hybridized carbons (Fsp3) is 0.462. The van der Waals surface area contributed by atoms with Crippen molar-refractivity contribution < 1.29 is 38.7 Å². The molecule has 0 bridgehead atoms. The normalized spacial score (nSPS) is 13.7. The molecule has 1 heterocycles. The molecule has 204 valence electrons. The highest BCUT2D eigenvalue weighted by molar-refractivity contribution is 6.30. The van der Waals surface area contributed by atoms with Gasteiger partial charge in [0.1, 0.15) is 5.75 Å². The molecule has 11 heteroatoms. The summed E-state index contributed by atoms with van der Waals surface area (Å²) in [7, 11) is 4.96. The zero-order chi connectivity index (χ0) is 27.2. The van der Waals surface area contributed by atoms with Crippen LogP contribution in [0.15, 0.2) is 36.4 Å². The fourth-order valence-corrected chi connectivity index (χ4v) is 3.98. The lowest BCUT2D eigenvalue weighted by atomic mass is 10.1. The molecule has 0 aromatic heterocycles. The number of carbonyl (C=O) groups is 2. The van der Waals surface area contributed by atoms with Crippen molar-refractivity contribution in [3.05, 3.63) is 47.0 Å². The molecule has 0 unspecified atom stereocenters. The van der Waals surface area contributed by atoms with Crippen LogP contribution >= 0.6 is 11.6 Å². The number of hydrogen-bond acceptors (Lipinski definition) is 8. The third-order valence-corrected chi connectivity index (χ3v) is 6.03. The van der Waals surface area contributed by atoms with Crippen LogP contribution in [0, 0.1) is 0 Å². The summed E-state index contributed by atoms with van der Waals surface area (Å²) in [5.74, 6) is -0.673. The number of ether oxygens (including phenoxy) is 4. The van der Waals surface area contributed by atoms with E-state index < -0.39 is 11.9 Å². The Morgan fingerprint density at radius 2 is 1.41 bits per heavy atom. The van der Waals surface area contributed by atoms with Gasteiger partial charge >= 0.3 is 11.9 Å². The number of halogens is 1. The first-order valence-electron chi connectivity index (χ1n) is 11.9. The van der Waals surface area contributed by atoms with Crippen LogP contribution in [0.25, 0.3) is 0 Å². The van der Waals surface area contributed by atoms with Crippen molar-refractivity contribution in [2.24, 2.45) is 0 Å². The summed E-state index contributed by atoms with van der Waals surface area (Å²) in [5.41, 5.74) is 1.12. The maximum Gasteiger partial charge on any atom is 0.414 e. The lowest BCUT2D eigenvalue weighted by Gasteiger charge is -2.35. The second-order valence-corrected chi connectivity index (χ2v) is 8.67. The van der Waals surface area contributed by atoms with Crippen molar-refractivity contribution >= 4 is 23.5 Å². The van der Waals surface area contributed by atoms with E-state index in [4.69, 9.17) is 50.4 Å². The first-order chi connectivity index (χ1) is 17.8. The highest BCUT2D eigenvalue weighted by atomic mass is 35.5. The third-order valence-electron chi connectivity index (χ3n) is 5.78. The molecular formula is C26H35ClN2O8. The second kappa shape index (κ2) is 15.8. The van der Waals surface area contributed by atoms with E-state index >= 15 is 0 Å². The van der Waals surface area contributed by atoms with E-state index in [0.29, 0.717) is 11.5 Å². The van der Waals surface area contributed by atoms with Gasteiger partial charge < -0.3 is 34.1 Å². The van der Waals surface area contributed by atoms with Gasteiger partial charge in [-0.05, 0) is 49.7 Å². The van der Waals surface area contributed by atoms with Crippen LogP contribution < -0.4 is 18.9 Å². The SMILES string of the molecule is COc1ccc(CN2CCN(CCCCOc3ccc(Cl)cc3)CC2)c(OC)c1OC.O=C(O)C(=O)O. The third kappa shape index (κ3) is 9.99. The van der Waals surface area contributed by atoms with Crippen molar-refractivity contribution in [2.45, 2.75) is 19.4 Å². The van der Waals surface area contributed by atoms with E-state index in [9.17, 15) is 0 Å². The highest BCUT2D eigenvalue weighted by Gasteiger charge is 2.21. The standard InChI is InChI=1S/C24H33ClN2O4.C2H2O4/c1-28-22-11-6-19(23(29-2)24(22)30-3)18-27-15-13-26(14-16-27)12-4-5-17-31-21-9-7-20(25)8-10-21;3-1(4)2(5)6/h6-11H,4-5,12-18H2,1-3H3;(H,3,4)(H,5,6). The van der Waals surface area contributed by atoms with Crippen LogP contribution in [0.5, 0.6) is 23.0 Å². The number of methoxy groups -OCH3 is 3. The van der Waals surface area contributed by atoms with Crippen LogP contribution in [0.4, 0.5) is 0 Å². The van der Waals surface area contributed by atoms with Crippen molar-refractivity contribution in [1.82, 2.24) is 9.80 Å². The van der Waals surface area contributed by atoms with E-state index in [0.717, 1.165) is 80.8 Å². The minimum Gasteiger partial charge on any atom is -0.494 e. The number of benzene rings is 2. The van der Waals surface area contributed by atoms with Crippen LogP contribution in [-0.4, -0.2) is 92.6 Å². The molecule has 1 saturated heterocycles. The molecule has 2 aromatic rings. The Morgan fingerprint density at radius 3 is 1.95 bits per heavy atom. The summed E-state index contributed by atoms with van der Waals surface area (Å²) in [5, 5.41) is 15.5. The monoisotopic (exact) mass is 538 g/mol. The van der Waals surface area contributed by atoms with E-state index in [1.54, 1.807) is 21.3 Å². The molecule has 2 aromatic carbocycles. The quantitative estimate of drug-likeness (QED) is 0.325. The lowest BCUT2D eigenvalue weighted by Crippen LogP contribution is -2.46. The number of carboxylic acid groups (broad SMARTS) is 2. The van der Waals surface area contributed by atoms with Crippen LogP contribution in [0.1, 0.15) is 18.4 Å². The van der Waals surface area contributed by atoms with E-state index in [2.05, 4.69) is 15.9 Å². The van der Waals surface area contributed by atoms with Gasteiger partial charge in [-0.1, -0.05) is 17.7 Å². The fourth-order valence-electron chi connectivity index (χ4n) is 3.86. The molecule has 1 aliphatic rings. The predicted molar refractivity (Wildman–Crippen MR) is 139 cm³/mol. The molecule has 0 radical (unpaired) electrons. The Hall–Kier alpha value is -3.21. The second-order valence-electron chi connectivity index (χ2n) is 8.23. The topological polar surface area (TPSA) is 118 Å². The molecular weight excluding hydrogens is 504 g/mol. The maximum absolute atomic E-state index is 9.10. The summed E-state index contributed by atoms with van der Waals surface area (Å²) in [4.78, 5) is 23.2. The number of piperazine rings is 1. The smallest absolute Gasteiger partial charge is 0.414 e. The summed E-state index contributed by atoms with van der Waals surface area (Å²) in [6.07, 6.45) is 2.18. The molecule has 2 N–H and O–H groups in total. The number of carboxylic acids is 2. The first-order valence-corrected chi connectivity index (χ1v) is 12.2. The zero-order valence-electron chi connectivity index (χ0n) is 21.4. The van der Waals surface area contributed by atoms with Crippen molar-refractivity contribution in [2.75, 3.05) is 60.7 Å². The molecule has 0 aliphatic carbocycles. The summed E-state index contributed by atoms with van der Waals surface area (Å²) < 4.78 is 22.3. The van der Waals surface area contributed by atoms with Gasteiger partial charge in [0, 0.05) is 43.3 Å². The average molecular weight is 539 g/mol. The maximum atomic E-state index is 9.10. The predicted octanol–water partition coefficient (Wildman–Crippen LogP) is 3.50. The van der Waals surface area contributed by atoms with Gasteiger partial charge in [-0.25, -0.2) is 9.59 Å². The largest absolute Gasteiger partial charge is 0.494 e. The first kappa shape index (κ1) is 30.0. The number of aliphatic carboxylic acids is 2. The molecule has 0 atom stereocenters. The Balaban J connectivity index is 0.000000717. The molecule has 0 saturated carbocycles. The molecule has 1 aliphatic heterocycles. The van der Waals surface area contributed by atoms with E-state index in [-0.39, 0.29) is 0 Å². The van der Waals surface area contributed by atoms with Gasteiger partial charge in [-0.15, -0.1) is 0 Å². The number of hydrogen-bond donors (Lipinski definition) is 2. The summed E-state index contributed by atoms with van der Waals surface area (Å²) >= 11 is 5.90. The summed E-state index contributed by atoms with van der Waals surface area (Å²) in [6.45, 7) is 6.92. The Bertz CT molecular complexity index is 983. The zero-order valence-corrected chi connectivity index (χ0v) is 22.2.